The topological polar surface area (TPSA) is 104 Å². The first-order valence-electron chi connectivity index (χ1n) is 8.50. The van der Waals surface area contributed by atoms with E-state index >= 15 is 0 Å². The van der Waals surface area contributed by atoms with Crippen LogP contribution in [0.3, 0.4) is 0 Å². The van der Waals surface area contributed by atoms with E-state index in [0.717, 1.165) is 5.39 Å². The van der Waals surface area contributed by atoms with Gasteiger partial charge in [-0.2, -0.15) is 0 Å². The van der Waals surface area contributed by atoms with Crippen molar-refractivity contribution in [2.45, 2.75) is 33.8 Å². The fourth-order valence-electron chi connectivity index (χ4n) is 2.57. The van der Waals surface area contributed by atoms with Gasteiger partial charge >= 0.3 is 5.97 Å². The molecule has 1 aromatic carbocycles. The Kier molecular flexibility index (Phi) is 5.16. The predicted octanol–water partition coefficient (Wildman–Crippen LogP) is 3.62. The van der Waals surface area contributed by atoms with Gasteiger partial charge in [0, 0.05) is 17.0 Å². The molecule has 0 radical (unpaired) electrons. The van der Waals surface area contributed by atoms with Crippen LogP contribution in [0.2, 0.25) is 0 Å². The van der Waals surface area contributed by atoms with Gasteiger partial charge in [-0.1, -0.05) is 5.16 Å². The number of anilines is 1. The number of carbonyl (C=O) groups is 2. The molecule has 142 valence electrons. The number of hydrogen-bond donors (Lipinski definition) is 1. The number of rotatable bonds is 6. The van der Waals surface area contributed by atoms with E-state index in [-0.39, 0.29) is 11.6 Å². The van der Waals surface area contributed by atoms with Crippen LogP contribution in [0.4, 0.5) is 5.82 Å². The number of hydrogen-bond acceptors (Lipinski definition) is 7. The Labute approximate surface area is 155 Å². The monoisotopic (exact) mass is 372 g/mol. The third-order valence-electron chi connectivity index (χ3n) is 3.94. The fraction of sp³-hybridized carbons (Fsp3) is 0.316. The van der Waals surface area contributed by atoms with E-state index < -0.39 is 18.0 Å². The van der Waals surface area contributed by atoms with E-state index in [1.54, 1.807) is 38.1 Å². The molecule has 1 N–H and O–H groups in total. The largest absolute Gasteiger partial charge is 0.494 e. The normalized spacial score (nSPS) is 12.0. The smallest absolute Gasteiger partial charge is 0.375 e. The first-order valence-corrected chi connectivity index (χ1v) is 8.50. The second kappa shape index (κ2) is 7.53. The van der Waals surface area contributed by atoms with Gasteiger partial charge in [0.05, 0.1) is 6.61 Å². The zero-order valence-corrected chi connectivity index (χ0v) is 15.5. The van der Waals surface area contributed by atoms with Gasteiger partial charge in [0.25, 0.3) is 5.91 Å². The number of ether oxygens (including phenoxy) is 2. The number of carbonyl (C=O) groups excluding carboxylic acids is 2. The first-order chi connectivity index (χ1) is 12.9. The summed E-state index contributed by atoms with van der Waals surface area (Å²) in [6.45, 7) is 7.34. The Morgan fingerprint density at radius 3 is 2.70 bits per heavy atom. The number of benzene rings is 1. The third-order valence-corrected chi connectivity index (χ3v) is 3.94. The van der Waals surface area contributed by atoms with Crippen molar-refractivity contribution >= 4 is 28.7 Å². The molecule has 0 spiro atoms. The lowest BCUT2D eigenvalue weighted by atomic mass is 10.1. The number of nitrogens with one attached hydrogen (secondary N) is 1. The van der Waals surface area contributed by atoms with E-state index in [0.29, 0.717) is 29.3 Å². The maximum Gasteiger partial charge on any atom is 0.375 e. The summed E-state index contributed by atoms with van der Waals surface area (Å²) in [6, 6.07) is 6.86. The Balaban J connectivity index is 1.73. The van der Waals surface area contributed by atoms with Crippen LogP contribution >= 0.6 is 0 Å². The fourth-order valence-corrected chi connectivity index (χ4v) is 2.57. The van der Waals surface area contributed by atoms with Crippen molar-refractivity contribution in [3.8, 4) is 5.75 Å². The molecule has 3 rings (SSSR count). The molecule has 0 aliphatic rings. The molecule has 8 heteroatoms. The van der Waals surface area contributed by atoms with Gasteiger partial charge < -0.3 is 23.7 Å². The zero-order valence-electron chi connectivity index (χ0n) is 15.5. The molecule has 2 aromatic heterocycles. The van der Waals surface area contributed by atoms with Gasteiger partial charge in [-0.05, 0) is 45.9 Å². The second-order valence-corrected chi connectivity index (χ2v) is 6.01. The molecule has 0 unspecified atom stereocenters. The van der Waals surface area contributed by atoms with Crippen LogP contribution in [0.15, 0.2) is 33.2 Å². The van der Waals surface area contributed by atoms with E-state index in [1.807, 2.05) is 6.92 Å². The van der Waals surface area contributed by atoms with Crippen LogP contribution < -0.4 is 10.1 Å². The minimum Gasteiger partial charge on any atom is -0.494 e. The summed E-state index contributed by atoms with van der Waals surface area (Å²) in [5.74, 6) is 0.299. The number of esters is 1. The van der Waals surface area contributed by atoms with Crippen LogP contribution in [0.25, 0.3) is 11.0 Å². The van der Waals surface area contributed by atoms with Gasteiger partial charge in [0.2, 0.25) is 5.76 Å². The molecule has 8 nitrogen and oxygen atoms in total. The second-order valence-electron chi connectivity index (χ2n) is 6.01. The van der Waals surface area contributed by atoms with Crippen molar-refractivity contribution in [3.05, 3.63) is 41.3 Å². The van der Waals surface area contributed by atoms with Gasteiger partial charge in [-0.3, -0.25) is 4.79 Å². The van der Waals surface area contributed by atoms with Gasteiger partial charge in [0.15, 0.2) is 11.9 Å². The molecular weight excluding hydrogens is 352 g/mol. The van der Waals surface area contributed by atoms with E-state index in [1.165, 1.54) is 6.92 Å². The SMILES string of the molecule is CCOc1ccc2oc(C(=O)O[C@@H](C)C(=O)Nc3cc(C)on3)c(C)c2c1. The van der Waals surface area contributed by atoms with E-state index in [9.17, 15) is 9.59 Å². The highest BCUT2D eigenvalue weighted by atomic mass is 16.6. The molecule has 0 aliphatic heterocycles. The summed E-state index contributed by atoms with van der Waals surface area (Å²) in [5, 5.41) is 6.93. The lowest BCUT2D eigenvalue weighted by Crippen LogP contribution is -2.30. The van der Waals surface area contributed by atoms with Crippen molar-refractivity contribution in [2.24, 2.45) is 0 Å². The number of fused-ring (bicyclic) bond motifs is 1. The lowest BCUT2D eigenvalue weighted by Gasteiger charge is -2.11. The minimum absolute atomic E-state index is 0.0515. The standard InChI is InChI=1S/C19H20N2O6/c1-5-24-13-6-7-15-14(9-13)11(3)17(26-15)19(23)25-12(4)18(22)20-16-8-10(2)27-21-16/h6-9,12H,5H2,1-4H3,(H,20,21,22)/t12-/m0/s1. The molecule has 2 heterocycles. The maximum absolute atomic E-state index is 12.5. The van der Waals surface area contributed by atoms with Crippen molar-refractivity contribution in [3.63, 3.8) is 0 Å². The first kappa shape index (κ1) is 18.5. The molecule has 27 heavy (non-hydrogen) atoms. The average Bonchev–Trinajstić information content (AvgIpc) is 3.18. The Bertz CT molecular complexity index is 987. The van der Waals surface area contributed by atoms with Crippen LogP contribution in [-0.2, 0) is 9.53 Å². The molecular formula is C19H20N2O6. The maximum atomic E-state index is 12.5. The highest BCUT2D eigenvalue weighted by Crippen LogP contribution is 2.29. The Morgan fingerprint density at radius 1 is 1.26 bits per heavy atom. The van der Waals surface area contributed by atoms with E-state index in [4.69, 9.17) is 18.4 Å². The summed E-state index contributed by atoms with van der Waals surface area (Å²) in [7, 11) is 0. The summed E-state index contributed by atoms with van der Waals surface area (Å²) >= 11 is 0. The molecule has 1 amide bonds. The lowest BCUT2D eigenvalue weighted by molar-refractivity contribution is -0.123. The molecule has 1 atom stereocenters. The van der Waals surface area contributed by atoms with Crippen molar-refractivity contribution in [2.75, 3.05) is 11.9 Å². The summed E-state index contributed by atoms with van der Waals surface area (Å²) in [6.07, 6.45) is -1.04. The third kappa shape index (κ3) is 3.94. The number of nitrogens with zero attached hydrogens (tertiary/aromatic N) is 1. The van der Waals surface area contributed by atoms with Crippen molar-refractivity contribution in [1.29, 1.82) is 0 Å². The van der Waals surface area contributed by atoms with Crippen LogP contribution in [0.1, 0.15) is 35.7 Å². The molecule has 0 bridgehead atoms. The minimum atomic E-state index is -1.04. The van der Waals surface area contributed by atoms with Crippen LogP contribution in [-0.4, -0.2) is 29.7 Å². The number of aryl methyl sites for hydroxylation is 2. The van der Waals surface area contributed by atoms with Crippen LogP contribution in [0, 0.1) is 13.8 Å². The Morgan fingerprint density at radius 2 is 2.04 bits per heavy atom. The molecule has 0 saturated heterocycles. The highest BCUT2D eigenvalue weighted by molar-refractivity contribution is 5.99. The van der Waals surface area contributed by atoms with Crippen LogP contribution in [0.5, 0.6) is 5.75 Å². The molecule has 3 aromatic rings. The van der Waals surface area contributed by atoms with E-state index in [2.05, 4.69) is 10.5 Å². The Hall–Kier alpha value is -3.29. The van der Waals surface area contributed by atoms with Crippen molar-refractivity contribution < 1.29 is 28.0 Å². The molecule has 0 aliphatic carbocycles. The molecule has 0 fully saturated rings. The predicted molar refractivity (Wildman–Crippen MR) is 96.9 cm³/mol. The zero-order chi connectivity index (χ0) is 19.6. The highest BCUT2D eigenvalue weighted by Gasteiger charge is 2.25. The molecule has 0 saturated carbocycles. The van der Waals surface area contributed by atoms with Gasteiger partial charge in [0.1, 0.15) is 17.1 Å². The van der Waals surface area contributed by atoms with Gasteiger partial charge in [-0.25, -0.2) is 4.79 Å². The number of amides is 1. The summed E-state index contributed by atoms with van der Waals surface area (Å²) in [5.41, 5.74) is 1.16. The summed E-state index contributed by atoms with van der Waals surface area (Å²) in [4.78, 5) is 24.6. The van der Waals surface area contributed by atoms with Crippen molar-refractivity contribution in [1.82, 2.24) is 5.16 Å². The van der Waals surface area contributed by atoms with Gasteiger partial charge in [-0.15, -0.1) is 0 Å². The summed E-state index contributed by atoms with van der Waals surface area (Å²) < 4.78 is 21.2. The average molecular weight is 372 g/mol. The number of furan rings is 1. The number of aromatic nitrogens is 1. The quantitative estimate of drug-likeness (QED) is 0.659.